The molecule has 1 aliphatic rings. The molecule has 0 spiro atoms. The third-order valence-corrected chi connectivity index (χ3v) is 4.87. The highest BCUT2D eigenvalue weighted by Crippen LogP contribution is 2.42. The van der Waals surface area contributed by atoms with Crippen LogP contribution in [0.3, 0.4) is 0 Å². The predicted octanol–water partition coefficient (Wildman–Crippen LogP) is 3.68. The van der Waals surface area contributed by atoms with Crippen LogP contribution in [0.4, 0.5) is 17.6 Å². The number of carbonyl (C=O) groups is 1. The number of ether oxygens (including phenoxy) is 2. The minimum absolute atomic E-state index is 0.0383. The van der Waals surface area contributed by atoms with Crippen LogP contribution >= 0.6 is 0 Å². The molecular formula is C21H15F4N3O4. The number of hydrogen-bond acceptors (Lipinski definition) is 6. The Morgan fingerprint density at radius 3 is 2.69 bits per heavy atom. The molecule has 1 unspecified atom stereocenters. The molecule has 0 saturated carbocycles. The number of pyridine rings is 2. The fourth-order valence-electron chi connectivity index (χ4n) is 3.49. The van der Waals surface area contributed by atoms with Crippen LogP contribution in [0.5, 0.6) is 17.2 Å². The van der Waals surface area contributed by atoms with Gasteiger partial charge in [-0.25, -0.2) is 9.37 Å². The van der Waals surface area contributed by atoms with Crippen molar-refractivity contribution >= 4 is 5.91 Å². The molecule has 32 heavy (non-hydrogen) atoms. The van der Waals surface area contributed by atoms with Gasteiger partial charge < -0.3 is 19.9 Å². The summed E-state index contributed by atoms with van der Waals surface area (Å²) in [6.45, 7) is 0.115. The van der Waals surface area contributed by atoms with Crippen molar-refractivity contribution in [3.8, 4) is 17.2 Å². The van der Waals surface area contributed by atoms with E-state index in [9.17, 15) is 27.5 Å². The van der Waals surface area contributed by atoms with Crippen LogP contribution in [-0.2, 0) is 5.54 Å². The van der Waals surface area contributed by atoms with Gasteiger partial charge in [0.25, 0.3) is 5.91 Å². The molecule has 3 heterocycles. The second-order valence-corrected chi connectivity index (χ2v) is 6.90. The highest BCUT2D eigenvalue weighted by atomic mass is 19.4. The number of nitrogens with zero attached hydrogens (tertiary/aromatic N) is 2. The zero-order valence-electron chi connectivity index (χ0n) is 16.2. The standard InChI is InChI=1S/C21H15F4N3O4/c22-14-10-12(3-6-16(14)32-21(23,24)25)20(7-9-31-17-2-1-8-26-18(17)20)28-19(30)15-5-4-13(29)11-27-15/h1-6,8,10-11,29H,7,9H2,(H,28,30). The molecule has 0 bridgehead atoms. The van der Waals surface area contributed by atoms with Crippen molar-refractivity contribution < 1.29 is 36.9 Å². The molecule has 2 N–H and O–H groups in total. The SMILES string of the molecule is O=C(NC1(c2ccc(OC(F)(F)F)c(F)c2)CCOc2cccnc21)c1ccc(O)cn1. The van der Waals surface area contributed by atoms with Gasteiger partial charge in [0.15, 0.2) is 11.6 Å². The smallest absolute Gasteiger partial charge is 0.506 e. The van der Waals surface area contributed by atoms with E-state index in [0.29, 0.717) is 5.75 Å². The van der Waals surface area contributed by atoms with Gasteiger partial charge in [-0.1, -0.05) is 6.07 Å². The molecule has 166 valence electrons. The Labute approximate surface area is 178 Å². The largest absolute Gasteiger partial charge is 0.573 e. The van der Waals surface area contributed by atoms with Crippen molar-refractivity contribution in [2.45, 2.75) is 18.3 Å². The van der Waals surface area contributed by atoms with Gasteiger partial charge in [-0.3, -0.25) is 9.78 Å². The van der Waals surface area contributed by atoms with Gasteiger partial charge >= 0.3 is 6.36 Å². The Kier molecular flexibility index (Phi) is 5.33. The molecule has 7 nitrogen and oxygen atoms in total. The van der Waals surface area contributed by atoms with Crippen molar-refractivity contribution in [1.29, 1.82) is 0 Å². The van der Waals surface area contributed by atoms with E-state index in [2.05, 4.69) is 20.0 Å². The average molecular weight is 449 g/mol. The lowest BCUT2D eigenvalue weighted by Crippen LogP contribution is -2.50. The van der Waals surface area contributed by atoms with Gasteiger partial charge in [0.2, 0.25) is 0 Å². The summed E-state index contributed by atoms with van der Waals surface area (Å²) in [5.74, 6) is -2.75. The maximum absolute atomic E-state index is 14.6. The zero-order chi connectivity index (χ0) is 22.9. The summed E-state index contributed by atoms with van der Waals surface area (Å²) in [6.07, 6.45) is -2.42. The van der Waals surface area contributed by atoms with Crippen LogP contribution in [0.1, 0.15) is 28.2 Å². The van der Waals surface area contributed by atoms with E-state index in [1.807, 2.05) is 0 Å². The van der Waals surface area contributed by atoms with E-state index in [0.717, 1.165) is 18.3 Å². The number of hydrogen-bond donors (Lipinski definition) is 2. The topological polar surface area (TPSA) is 93.6 Å². The zero-order valence-corrected chi connectivity index (χ0v) is 16.2. The van der Waals surface area contributed by atoms with E-state index < -0.39 is 29.4 Å². The molecule has 1 atom stereocenters. The first-order valence-corrected chi connectivity index (χ1v) is 9.29. The van der Waals surface area contributed by atoms with Crippen molar-refractivity contribution in [2.75, 3.05) is 6.61 Å². The van der Waals surface area contributed by atoms with Crippen molar-refractivity contribution in [3.05, 3.63) is 77.6 Å². The normalized spacial score (nSPS) is 17.8. The first kappa shape index (κ1) is 21.3. The number of nitrogens with one attached hydrogen (secondary N) is 1. The summed E-state index contributed by atoms with van der Waals surface area (Å²) in [5, 5.41) is 12.2. The monoisotopic (exact) mass is 449 g/mol. The van der Waals surface area contributed by atoms with E-state index in [4.69, 9.17) is 4.74 Å². The van der Waals surface area contributed by atoms with Crippen LogP contribution < -0.4 is 14.8 Å². The number of aromatic nitrogens is 2. The summed E-state index contributed by atoms with van der Waals surface area (Å²) in [6, 6.07) is 8.69. The summed E-state index contributed by atoms with van der Waals surface area (Å²) < 4.78 is 61.5. The van der Waals surface area contributed by atoms with Crippen LogP contribution in [0.25, 0.3) is 0 Å². The molecular weight excluding hydrogens is 434 g/mol. The number of amides is 1. The third kappa shape index (κ3) is 4.13. The fourth-order valence-corrected chi connectivity index (χ4v) is 3.49. The van der Waals surface area contributed by atoms with Crippen molar-refractivity contribution in [1.82, 2.24) is 15.3 Å². The molecule has 0 fully saturated rings. The molecule has 1 amide bonds. The lowest BCUT2D eigenvalue weighted by atomic mass is 9.81. The summed E-state index contributed by atoms with van der Waals surface area (Å²) in [4.78, 5) is 21.1. The summed E-state index contributed by atoms with van der Waals surface area (Å²) in [5.41, 5.74) is -1.07. The average Bonchev–Trinajstić information content (AvgIpc) is 2.75. The number of halogens is 4. The number of fused-ring (bicyclic) bond motifs is 1. The Bertz CT molecular complexity index is 1150. The lowest BCUT2D eigenvalue weighted by molar-refractivity contribution is -0.275. The Balaban J connectivity index is 1.80. The second kappa shape index (κ2) is 7.98. The van der Waals surface area contributed by atoms with Crippen molar-refractivity contribution in [2.24, 2.45) is 0 Å². The molecule has 1 aliphatic heterocycles. The number of alkyl halides is 3. The minimum atomic E-state index is -5.06. The Morgan fingerprint density at radius 1 is 1.19 bits per heavy atom. The first-order valence-electron chi connectivity index (χ1n) is 9.29. The van der Waals surface area contributed by atoms with Gasteiger partial charge in [0.1, 0.15) is 28.4 Å². The van der Waals surface area contributed by atoms with Crippen LogP contribution in [0.2, 0.25) is 0 Å². The number of benzene rings is 1. The highest BCUT2D eigenvalue weighted by Gasteiger charge is 2.43. The Morgan fingerprint density at radius 2 is 2.00 bits per heavy atom. The molecule has 4 rings (SSSR count). The molecule has 0 saturated heterocycles. The quantitative estimate of drug-likeness (QED) is 0.591. The molecule has 0 radical (unpaired) electrons. The molecule has 2 aromatic heterocycles. The van der Waals surface area contributed by atoms with Crippen LogP contribution in [0.15, 0.2) is 54.9 Å². The second-order valence-electron chi connectivity index (χ2n) is 6.90. The molecule has 3 aromatic rings. The van der Waals surface area contributed by atoms with Crippen molar-refractivity contribution in [3.63, 3.8) is 0 Å². The van der Waals surface area contributed by atoms with E-state index in [1.54, 1.807) is 12.1 Å². The van der Waals surface area contributed by atoms with Crippen LogP contribution in [-0.4, -0.2) is 34.0 Å². The van der Waals surface area contributed by atoms with Gasteiger partial charge in [0, 0.05) is 12.6 Å². The predicted molar refractivity (Wildman–Crippen MR) is 102 cm³/mol. The number of rotatable bonds is 4. The maximum atomic E-state index is 14.6. The first-order chi connectivity index (χ1) is 15.2. The van der Waals surface area contributed by atoms with Crippen LogP contribution in [0, 0.1) is 5.82 Å². The van der Waals surface area contributed by atoms with E-state index in [1.165, 1.54) is 24.4 Å². The van der Waals surface area contributed by atoms with Gasteiger partial charge in [-0.15, -0.1) is 13.2 Å². The molecule has 0 aliphatic carbocycles. The third-order valence-electron chi connectivity index (χ3n) is 4.87. The number of aromatic hydroxyl groups is 1. The van der Waals surface area contributed by atoms with Gasteiger partial charge in [0.05, 0.1) is 12.8 Å². The van der Waals surface area contributed by atoms with Gasteiger partial charge in [-0.05, 0) is 42.0 Å². The number of carbonyl (C=O) groups excluding carboxylic acids is 1. The molecule has 1 aromatic carbocycles. The Hall–Kier alpha value is -3.89. The maximum Gasteiger partial charge on any atom is 0.573 e. The van der Waals surface area contributed by atoms with E-state index >= 15 is 0 Å². The summed E-state index contributed by atoms with van der Waals surface area (Å²) in [7, 11) is 0. The minimum Gasteiger partial charge on any atom is -0.506 e. The van der Waals surface area contributed by atoms with Gasteiger partial charge in [-0.2, -0.15) is 0 Å². The van der Waals surface area contributed by atoms with E-state index in [-0.39, 0.29) is 35.7 Å². The summed E-state index contributed by atoms with van der Waals surface area (Å²) >= 11 is 0. The lowest BCUT2D eigenvalue weighted by Gasteiger charge is -2.39. The highest BCUT2D eigenvalue weighted by molar-refractivity contribution is 5.93. The fraction of sp³-hybridized carbons (Fsp3) is 0.190. The molecule has 11 heteroatoms.